The number of primary amides is 2. The number of rotatable bonds is 11. The molecule has 136 valence electrons. The van der Waals surface area contributed by atoms with Crippen molar-refractivity contribution in [2.24, 2.45) is 17.2 Å². The maximum atomic E-state index is 12.1. The molecule has 0 aliphatic heterocycles. The van der Waals surface area contributed by atoms with E-state index in [1.165, 1.54) is 0 Å². The number of aliphatic carboxylic acids is 1. The van der Waals surface area contributed by atoms with E-state index in [0.29, 0.717) is 0 Å². The van der Waals surface area contributed by atoms with Gasteiger partial charge in [0.15, 0.2) is 0 Å². The number of carbonyl (C=O) groups excluding carboxylic acids is 4. The average Bonchev–Trinajstić information content (AvgIpc) is 2.48. The highest BCUT2D eigenvalue weighted by Gasteiger charge is 2.29. The molecule has 0 aromatic rings. The molecule has 3 unspecified atom stereocenters. The van der Waals surface area contributed by atoms with Gasteiger partial charge in [-0.2, -0.15) is 12.6 Å². The number of carbonyl (C=O) groups is 5. The lowest BCUT2D eigenvalue weighted by Crippen LogP contribution is -2.55. The number of nitrogens with one attached hydrogen (secondary N) is 2. The topological polar surface area (TPSA) is 208 Å². The summed E-state index contributed by atoms with van der Waals surface area (Å²) in [6, 6.07) is -3.85. The summed E-state index contributed by atoms with van der Waals surface area (Å²) in [5.41, 5.74) is 15.4. The Kier molecular flexibility index (Phi) is 9.42. The molecule has 4 amide bonds. The molecule has 3 atom stereocenters. The minimum atomic E-state index is -1.42. The van der Waals surface area contributed by atoms with Gasteiger partial charge in [0.25, 0.3) is 0 Å². The van der Waals surface area contributed by atoms with E-state index < -0.39 is 54.1 Å². The van der Waals surface area contributed by atoms with Crippen LogP contribution in [-0.4, -0.2) is 58.6 Å². The van der Waals surface area contributed by atoms with Gasteiger partial charge in [-0.3, -0.25) is 19.2 Å². The maximum Gasteiger partial charge on any atom is 0.326 e. The van der Waals surface area contributed by atoms with Crippen LogP contribution in [0.25, 0.3) is 0 Å². The number of hydrogen-bond donors (Lipinski definition) is 7. The predicted octanol–water partition coefficient (Wildman–Crippen LogP) is -3.56. The van der Waals surface area contributed by atoms with Crippen LogP contribution < -0.4 is 27.8 Å². The van der Waals surface area contributed by atoms with E-state index in [9.17, 15) is 24.0 Å². The summed E-state index contributed by atoms with van der Waals surface area (Å²) in [4.78, 5) is 56.7. The van der Waals surface area contributed by atoms with E-state index in [1.807, 2.05) is 0 Å². The van der Waals surface area contributed by atoms with Crippen LogP contribution >= 0.6 is 12.6 Å². The van der Waals surface area contributed by atoms with Crippen LogP contribution in [0, 0.1) is 0 Å². The Bertz CT molecular complexity index is 514. The molecule has 0 fully saturated rings. The van der Waals surface area contributed by atoms with Crippen LogP contribution in [0.4, 0.5) is 0 Å². The van der Waals surface area contributed by atoms with Crippen molar-refractivity contribution < 1.29 is 29.1 Å². The molecule has 11 nitrogen and oxygen atoms in total. The summed E-state index contributed by atoms with van der Waals surface area (Å²) in [6.07, 6.45) is -1.07. The van der Waals surface area contributed by atoms with Gasteiger partial charge in [-0.05, 0) is 6.42 Å². The van der Waals surface area contributed by atoms with Crippen LogP contribution in [0.2, 0.25) is 0 Å². The van der Waals surface area contributed by atoms with Crippen molar-refractivity contribution in [3.63, 3.8) is 0 Å². The molecular weight excluding hydrogens is 342 g/mol. The van der Waals surface area contributed by atoms with Crippen LogP contribution in [0.1, 0.15) is 19.3 Å². The van der Waals surface area contributed by atoms with Crippen LogP contribution in [-0.2, 0) is 24.0 Å². The summed E-state index contributed by atoms with van der Waals surface area (Å²) >= 11 is 3.83. The average molecular weight is 363 g/mol. The fraction of sp³-hybridized carbons (Fsp3) is 0.583. The maximum absolute atomic E-state index is 12.1. The number of hydrogen-bond acceptors (Lipinski definition) is 7. The largest absolute Gasteiger partial charge is 0.480 e. The van der Waals surface area contributed by atoms with E-state index >= 15 is 0 Å². The minimum absolute atomic E-state index is 0.00684. The van der Waals surface area contributed by atoms with E-state index in [-0.39, 0.29) is 18.6 Å². The second-order valence-corrected chi connectivity index (χ2v) is 5.29. The monoisotopic (exact) mass is 363 g/mol. The fourth-order valence-electron chi connectivity index (χ4n) is 1.59. The Labute approximate surface area is 143 Å². The zero-order valence-corrected chi connectivity index (χ0v) is 13.6. The van der Waals surface area contributed by atoms with Gasteiger partial charge in [0, 0.05) is 12.2 Å². The van der Waals surface area contributed by atoms with E-state index in [2.05, 4.69) is 23.3 Å². The lowest BCUT2D eigenvalue weighted by molar-refractivity contribution is -0.142. The molecule has 0 aliphatic rings. The van der Waals surface area contributed by atoms with Crippen molar-refractivity contribution >= 4 is 42.2 Å². The molecule has 0 spiro atoms. The third-order valence-corrected chi connectivity index (χ3v) is 3.26. The van der Waals surface area contributed by atoms with Gasteiger partial charge < -0.3 is 32.9 Å². The Balaban J connectivity index is 5.00. The SMILES string of the molecule is NC(=O)CCC(NC(=O)C(CC(N)=O)NC(=O)C(N)CS)C(=O)O. The Morgan fingerprint density at radius 2 is 1.50 bits per heavy atom. The highest BCUT2D eigenvalue weighted by molar-refractivity contribution is 7.80. The summed E-state index contributed by atoms with van der Waals surface area (Å²) in [7, 11) is 0. The van der Waals surface area contributed by atoms with Crippen molar-refractivity contribution in [1.29, 1.82) is 0 Å². The van der Waals surface area contributed by atoms with Gasteiger partial charge in [0.05, 0.1) is 12.5 Å². The molecule has 0 rings (SSSR count). The third-order valence-electron chi connectivity index (χ3n) is 2.87. The van der Waals surface area contributed by atoms with Gasteiger partial charge in [-0.25, -0.2) is 4.79 Å². The Hall–Kier alpha value is -2.34. The molecule has 0 radical (unpaired) electrons. The zero-order chi connectivity index (χ0) is 18.9. The van der Waals surface area contributed by atoms with Gasteiger partial charge in [0.1, 0.15) is 12.1 Å². The van der Waals surface area contributed by atoms with Gasteiger partial charge in [-0.15, -0.1) is 0 Å². The molecule has 0 saturated heterocycles. The van der Waals surface area contributed by atoms with Gasteiger partial charge >= 0.3 is 5.97 Å². The van der Waals surface area contributed by atoms with E-state index in [1.54, 1.807) is 0 Å². The molecule has 0 aromatic carbocycles. The van der Waals surface area contributed by atoms with Crippen molar-refractivity contribution in [2.75, 3.05) is 5.75 Å². The summed E-state index contributed by atoms with van der Waals surface area (Å²) < 4.78 is 0. The first-order chi connectivity index (χ1) is 11.1. The summed E-state index contributed by atoms with van der Waals surface area (Å²) in [6.45, 7) is 0. The smallest absolute Gasteiger partial charge is 0.326 e. The van der Waals surface area contributed by atoms with Crippen LogP contribution in [0.3, 0.4) is 0 Å². The molecule has 0 aromatic heterocycles. The van der Waals surface area contributed by atoms with Crippen LogP contribution in [0.15, 0.2) is 0 Å². The molecule has 0 heterocycles. The van der Waals surface area contributed by atoms with Crippen molar-refractivity contribution in [3.8, 4) is 0 Å². The van der Waals surface area contributed by atoms with E-state index in [4.69, 9.17) is 22.3 Å². The summed E-state index contributed by atoms with van der Waals surface area (Å²) in [5, 5.41) is 13.3. The van der Waals surface area contributed by atoms with Gasteiger partial charge in [0.2, 0.25) is 23.6 Å². The first kappa shape index (κ1) is 21.7. The minimum Gasteiger partial charge on any atom is -0.480 e. The fourth-order valence-corrected chi connectivity index (χ4v) is 1.75. The number of nitrogens with two attached hydrogens (primary N) is 3. The predicted molar refractivity (Wildman–Crippen MR) is 85.6 cm³/mol. The quantitative estimate of drug-likeness (QED) is 0.183. The highest BCUT2D eigenvalue weighted by atomic mass is 32.1. The van der Waals surface area contributed by atoms with Crippen molar-refractivity contribution in [3.05, 3.63) is 0 Å². The Morgan fingerprint density at radius 3 is 1.92 bits per heavy atom. The molecule has 9 N–H and O–H groups in total. The number of thiol groups is 1. The van der Waals surface area contributed by atoms with E-state index in [0.717, 1.165) is 0 Å². The molecule has 0 saturated carbocycles. The molecule has 12 heteroatoms. The number of carboxylic acid groups (broad SMARTS) is 1. The van der Waals surface area contributed by atoms with Crippen molar-refractivity contribution in [1.82, 2.24) is 10.6 Å². The molecular formula is C12H21N5O6S. The Morgan fingerprint density at radius 1 is 0.958 bits per heavy atom. The lowest BCUT2D eigenvalue weighted by Gasteiger charge is -2.21. The second-order valence-electron chi connectivity index (χ2n) is 4.93. The molecule has 0 bridgehead atoms. The molecule has 24 heavy (non-hydrogen) atoms. The number of carboxylic acids is 1. The third kappa shape index (κ3) is 8.33. The molecule has 0 aliphatic carbocycles. The van der Waals surface area contributed by atoms with Crippen LogP contribution in [0.5, 0.6) is 0 Å². The first-order valence-corrected chi connectivity index (χ1v) is 7.48. The normalized spacial score (nSPS) is 14.1. The van der Waals surface area contributed by atoms with Crippen molar-refractivity contribution in [2.45, 2.75) is 37.4 Å². The first-order valence-electron chi connectivity index (χ1n) is 6.85. The lowest BCUT2D eigenvalue weighted by atomic mass is 10.1. The summed E-state index contributed by atoms with van der Waals surface area (Å²) in [5.74, 6) is -4.75. The standard InChI is InChI=1S/C12H21N5O6S/c13-5(4-24)10(20)17-7(3-9(15)19)11(21)16-6(12(22)23)1-2-8(14)18/h5-7,24H,1-4,13H2,(H2,14,18)(H2,15,19)(H,16,21)(H,17,20)(H,22,23). The second kappa shape index (κ2) is 10.4. The number of amides is 4. The van der Waals surface area contributed by atoms with Gasteiger partial charge in [-0.1, -0.05) is 0 Å². The zero-order valence-electron chi connectivity index (χ0n) is 12.7. The highest BCUT2D eigenvalue weighted by Crippen LogP contribution is 2.01.